The average Bonchev–Trinajstić information content (AvgIpc) is 2.46. The van der Waals surface area contributed by atoms with Crippen molar-refractivity contribution in [3.05, 3.63) is 0 Å². The van der Waals surface area contributed by atoms with Gasteiger partial charge in [0, 0.05) is 0 Å². The molecule has 9 atom stereocenters. The van der Waals surface area contributed by atoms with Crippen LogP contribution in [0.5, 0.6) is 0 Å². The first-order chi connectivity index (χ1) is 9.75. The van der Waals surface area contributed by atoms with Crippen LogP contribution < -0.4 is 0 Å². The highest BCUT2D eigenvalue weighted by atomic mass is 16.6. The Morgan fingerprint density at radius 3 is 2.24 bits per heavy atom. The van der Waals surface area contributed by atoms with Crippen LogP contribution in [0.2, 0.25) is 0 Å². The molecule has 21 heavy (non-hydrogen) atoms. The van der Waals surface area contributed by atoms with E-state index in [1.165, 1.54) is 6.92 Å². The molecule has 0 saturated carbocycles. The zero-order chi connectivity index (χ0) is 15.9. The fourth-order valence-corrected chi connectivity index (χ4v) is 2.88. The Labute approximate surface area is 121 Å². The Kier molecular flexibility index (Phi) is 4.88. The van der Waals surface area contributed by atoms with E-state index >= 15 is 0 Å². The number of aliphatic hydroxyl groups is 7. The van der Waals surface area contributed by atoms with Crippen LogP contribution in [0.1, 0.15) is 6.92 Å². The van der Waals surface area contributed by atoms with E-state index in [4.69, 9.17) is 14.6 Å². The fourth-order valence-electron chi connectivity index (χ4n) is 2.88. The van der Waals surface area contributed by atoms with E-state index in [0.29, 0.717) is 0 Å². The van der Waals surface area contributed by atoms with Gasteiger partial charge in [-0.2, -0.15) is 0 Å². The first-order valence-electron chi connectivity index (χ1n) is 6.75. The highest BCUT2D eigenvalue weighted by Gasteiger charge is 2.61. The standard InChI is InChI=1S/C12H22O9/c1-4-7(15)8(16)9(17)11(21-4)12(19)6(14)3-20-5(2-13)10(12)18/h4-11,13-19H,2-3H2,1H3/t4-,5+,6-,7+,8+,9-,10-,11+,12+/m0/s1. The van der Waals surface area contributed by atoms with Crippen molar-refractivity contribution < 1.29 is 45.2 Å². The van der Waals surface area contributed by atoms with Gasteiger partial charge < -0.3 is 45.2 Å². The van der Waals surface area contributed by atoms with Crippen molar-refractivity contribution in [2.45, 2.75) is 61.4 Å². The van der Waals surface area contributed by atoms with E-state index < -0.39 is 67.6 Å². The summed E-state index contributed by atoms with van der Waals surface area (Å²) in [7, 11) is 0. The van der Waals surface area contributed by atoms with Crippen LogP contribution in [0.25, 0.3) is 0 Å². The fraction of sp³-hybridized carbons (Fsp3) is 1.00. The lowest BCUT2D eigenvalue weighted by atomic mass is 9.75. The van der Waals surface area contributed by atoms with Gasteiger partial charge in [0.2, 0.25) is 0 Å². The van der Waals surface area contributed by atoms with Crippen LogP contribution in [0, 0.1) is 0 Å². The molecule has 124 valence electrons. The summed E-state index contributed by atoms with van der Waals surface area (Å²) in [6.07, 6.45) is -11.7. The molecule has 0 aromatic heterocycles. The molecular weight excluding hydrogens is 288 g/mol. The Hall–Kier alpha value is -0.360. The zero-order valence-corrected chi connectivity index (χ0v) is 11.5. The lowest BCUT2D eigenvalue weighted by molar-refractivity contribution is -0.328. The largest absolute Gasteiger partial charge is 0.394 e. The minimum atomic E-state index is -2.36. The van der Waals surface area contributed by atoms with Crippen LogP contribution in [-0.4, -0.2) is 103 Å². The van der Waals surface area contributed by atoms with Crippen LogP contribution in [0.4, 0.5) is 0 Å². The van der Waals surface area contributed by atoms with Gasteiger partial charge in [-0.25, -0.2) is 0 Å². The summed E-state index contributed by atoms with van der Waals surface area (Å²) in [5.41, 5.74) is -2.36. The van der Waals surface area contributed by atoms with Gasteiger partial charge in [-0.15, -0.1) is 0 Å². The molecule has 9 heteroatoms. The molecule has 0 aromatic rings. The Balaban J connectivity index is 2.32. The number of rotatable bonds is 2. The first-order valence-corrected chi connectivity index (χ1v) is 6.75. The van der Waals surface area contributed by atoms with Crippen LogP contribution in [0.3, 0.4) is 0 Å². The molecule has 0 spiro atoms. The van der Waals surface area contributed by atoms with Crippen molar-refractivity contribution in [3.63, 3.8) is 0 Å². The molecule has 2 rings (SSSR count). The number of ether oxygens (including phenoxy) is 2. The van der Waals surface area contributed by atoms with Crippen molar-refractivity contribution in [2.24, 2.45) is 0 Å². The normalized spacial score (nSPS) is 55.4. The summed E-state index contributed by atoms with van der Waals surface area (Å²) in [6.45, 7) is 0.413. The monoisotopic (exact) mass is 310 g/mol. The number of aliphatic hydroxyl groups excluding tert-OH is 6. The third-order valence-electron chi connectivity index (χ3n) is 4.32. The highest BCUT2D eigenvalue weighted by molar-refractivity contribution is 5.10. The summed E-state index contributed by atoms with van der Waals surface area (Å²) in [4.78, 5) is 0. The van der Waals surface area contributed by atoms with Gasteiger partial charge in [0.05, 0.1) is 19.3 Å². The molecule has 0 aliphatic carbocycles. The SMILES string of the molecule is C[C@@H]1O[C@@H]([C@@]2(O)[C@@H](O)CO[C@H](CO)[C@@H]2O)[C@@H](O)[C@H](O)[C@@H]1O. The minimum absolute atomic E-state index is 0.390. The summed E-state index contributed by atoms with van der Waals surface area (Å²) in [6, 6.07) is 0. The Bertz CT molecular complexity index is 367. The van der Waals surface area contributed by atoms with E-state index in [-0.39, 0.29) is 0 Å². The van der Waals surface area contributed by atoms with Gasteiger partial charge in [0.15, 0.2) is 0 Å². The summed E-state index contributed by atoms with van der Waals surface area (Å²) in [5.74, 6) is 0. The quantitative estimate of drug-likeness (QED) is 0.268. The van der Waals surface area contributed by atoms with Crippen molar-refractivity contribution in [2.75, 3.05) is 13.2 Å². The second-order valence-electron chi connectivity index (χ2n) is 5.64. The molecular formula is C12H22O9. The predicted octanol–water partition coefficient (Wildman–Crippen LogP) is -4.30. The van der Waals surface area contributed by atoms with Crippen LogP contribution >= 0.6 is 0 Å². The summed E-state index contributed by atoms with van der Waals surface area (Å²) < 4.78 is 10.3. The highest BCUT2D eigenvalue weighted by Crippen LogP contribution is 2.36. The molecule has 0 unspecified atom stereocenters. The van der Waals surface area contributed by atoms with Crippen molar-refractivity contribution >= 4 is 0 Å². The number of hydrogen-bond donors (Lipinski definition) is 7. The van der Waals surface area contributed by atoms with Crippen molar-refractivity contribution in [1.29, 1.82) is 0 Å². The van der Waals surface area contributed by atoms with Gasteiger partial charge in [-0.3, -0.25) is 0 Å². The summed E-state index contributed by atoms with van der Waals surface area (Å²) in [5, 5.41) is 69.3. The first kappa shape index (κ1) is 17.0. The Morgan fingerprint density at radius 2 is 1.67 bits per heavy atom. The summed E-state index contributed by atoms with van der Waals surface area (Å²) >= 11 is 0. The van der Waals surface area contributed by atoms with Gasteiger partial charge in [-0.1, -0.05) is 0 Å². The molecule has 9 nitrogen and oxygen atoms in total. The molecule has 2 fully saturated rings. The maximum Gasteiger partial charge on any atom is 0.150 e. The third-order valence-corrected chi connectivity index (χ3v) is 4.32. The predicted molar refractivity (Wildman–Crippen MR) is 66.1 cm³/mol. The molecule has 2 aliphatic heterocycles. The van der Waals surface area contributed by atoms with Gasteiger partial charge in [-0.05, 0) is 6.92 Å². The second-order valence-corrected chi connectivity index (χ2v) is 5.64. The van der Waals surface area contributed by atoms with Crippen molar-refractivity contribution in [1.82, 2.24) is 0 Å². The lowest BCUT2D eigenvalue weighted by Gasteiger charge is -2.52. The Morgan fingerprint density at radius 1 is 1.05 bits per heavy atom. The number of hydrogen-bond acceptors (Lipinski definition) is 9. The average molecular weight is 310 g/mol. The van der Waals surface area contributed by atoms with Crippen LogP contribution in [-0.2, 0) is 9.47 Å². The minimum Gasteiger partial charge on any atom is -0.394 e. The smallest absolute Gasteiger partial charge is 0.150 e. The zero-order valence-electron chi connectivity index (χ0n) is 11.5. The van der Waals surface area contributed by atoms with E-state index in [9.17, 15) is 30.6 Å². The molecule has 0 aromatic carbocycles. The molecule has 2 aliphatic rings. The van der Waals surface area contributed by atoms with E-state index in [0.717, 1.165) is 0 Å². The van der Waals surface area contributed by atoms with E-state index in [1.54, 1.807) is 0 Å². The van der Waals surface area contributed by atoms with Crippen molar-refractivity contribution in [3.8, 4) is 0 Å². The lowest BCUT2D eigenvalue weighted by Crippen LogP contribution is -2.75. The van der Waals surface area contributed by atoms with E-state index in [1.807, 2.05) is 0 Å². The van der Waals surface area contributed by atoms with Gasteiger partial charge >= 0.3 is 0 Å². The molecule has 2 heterocycles. The molecule has 2 saturated heterocycles. The van der Waals surface area contributed by atoms with E-state index in [2.05, 4.69) is 0 Å². The topological polar surface area (TPSA) is 160 Å². The van der Waals surface area contributed by atoms with Crippen LogP contribution in [0.15, 0.2) is 0 Å². The maximum atomic E-state index is 10.7. The molecule has 0 bridgehead atoms. The second kappa shape index (κ2) is 6.03. The molecule has 0 amide bonds. The van der Waals surface area contributed by atoms with Gasteiger partial charge in [0.25, 0.3) is 0 Å². The maximum absolute atomic E-state index is 10.7. The van der Waals surface area contributed by atoms with Gasteiger partial charge in [0.1, 0.15) is 48.3 Å². The molecule has 0 radical (unpaired) electrons. The third kappa shape index (κ3) is 2.58. The molecule has 7 N–H and O–H groups in total.